The van der Waals surface area contributed by atoms with Gasteiger partial charge in [-0.05, 0) is 38.2 Å². The second-order valence-electron chi connectivity index (χ2n) is 7.69. The second kappa shape index (κ2) is 5.57. The summed E-state index contributed by atoms with van der Waals surface area (Å²) in [4.78, 5) is 37.1. The van der Waals surface area contributed by atoms with Gasteiger partial charge in [0.25, 0.3) is 0 Å². The zero-order valence-corrected chi connectivity index (χ0v) is 14.6. The van der Waals surface area contributed by atoms with Crippen molar-refractivity contribution in [1.29, 1.82) is 0 Å². The third-order valence-electron chi connectivity index (χ3n) is 6.06. The molecule has 7 atom stereocenters. The summed E-state index contributed by atoms with van der Waals surface area (Å²) < 4.78 is 11.3. The van der Waals surface area contributed by atoms with Crippen LogP contribution in [0.2, 0.25) is 0 Å². The Hall–Kier alpha value is -1.91. The van der Waals surface area contributed by atoms with Crippen LogP contribution < -0.4 is 0 Å². The number of ether oxygens (including phenoxy) is 2. The highest BCUT2D eigenvalue weighted by Gasteiger charge is 2.62. The highest BCUT2D eigenvalue weighted by Crippen LogP contribution is 2.54. The molecule has 0 spiro atoms. The van der Waals surface area contributed by atoms with Crippen LogP contribution in [0, 0.1) is 29.1 Å². The number of carbonyl (C=O) groups is 3. The number of esters is 2. The zero-order chi connectivity index (χ0) is 17.8. The second-order valence-corrected chi connectivity index (χ2v) is 7.69. The number of ketones is 1. The van der Waals surface area contributed by atoms with Gasteiger partial charge in [0.05, 0.1) is 11.3 Å². The summed E-state index contributed by atoms with van der Waals surface area (Å²) in [7, 11) is 0. The topological polar surface area (TPSA) is 69.7 Å². The highest BCUT2D eigenvalue weighted by molar-refractivity contribution is 5.99. The Morgan fingerprint density at radius 3 is 2.67 bits per heavy atom. The van der Waals surface area contributed by atoms with Crippen molar-refractivity contribution in [2.75, 3.05) is 0 Å². The maximum absolute atomic E-state index is 12.7. The smallest absolute Gasteiger partial charge is 0.333 e. The molecular formula is C19H24O5. The van der Waals surface area contributed by atoms with E-state index in [0.717, 1.165) is 0 Å². The van der Waals surface area contributed by atoms with Crippen molar-refractivity contribution in [3.8, 4) is 0 Å². The van der Waals surface area contributed by atoms with Crippen LogP contribution in [0.4, 0.5) is 0 Å². The van der Waals surface area contributed by atoms with E-state index in [1.807, 2.05) is 13.0 Å². The van der Waals surface area contributed by atoms with Crippen molar-refractivity contribution < 1.29 is 23.9 Å². The van der Waals surface area contributed by atoms with E-state index in [4.69, 9.17) is 9.47 Å². The van der Waals surface area contributed by atoms with Crippen molar-refractivity contribution in [2.24, 2.45) is 29.1 Å². The molecule has 1 heterocycles. The Bertz CT molecular complexity index is 648. The summed E-state index contributed by atoms with van der Waals surface area (Å²) in [6.45, 7) is 10.9. The summed E-state index contributed by atoms with van der Waals surface area (Å²) >= 11 is 0. The third kappa shape index (κ3) is 2.25. The first kappa shape index (κ1) is 16.9. The zero-order valence-electron chi connectivity index (χ0n) is 14.6. The van der Waals surface area contributed by atoms with E-state index in [1.54, 1.807) is 19.9 Å². The minimum absolute atomic E-state index is 0.0376. The number of carbonyl (C=O) groups excluding carboxylic acids is 3. The number of hydrogen-bond acceptors (Lipinski definition) is 5. The van der Waals surface area contributed by atoms with Crippen LogP contribution in [0.25, 0.3) is 0 Å². The predicted octanol–water partition coefficient (Wildman–Crippen LogP) is 2.45. The molecule has 0 radical (unpaired) electrons. The first-order chi connectivity index (χ1) is 11.2. The van der Waals surface area contributed by atoms with Crippen molar-refractivity contribution in [3.05, 3.63) is 24.3 Å². The summed E-state index contributed by atoms with van der Waals surface area (Å²) in [6, 6.07) is 0. The maximum atomic E-state index is 12.7. The van der Waals surface area contributed by atoms with Crippen LogP contribution in [0.5, 0.6) is 0 Å². The summed E-state index contributed by atoms with van der Waals surface area (Å²) in [5, 5.41) is 0. The van der Waals surface area contributed by atoms with Gasteiger partial charge in [0, 0.05) is 11.5 Å². The lowest BCUT2D eigenvalue weighted by Crippen LogP contribution is -2.50. The molecule has 2 aliphatic carbocycles. The van der Waals surface area contributed by atoms with Crippen molar-refractivity contribution in [3.63, 3.8) is 0 Å². The molecule has 5 heteroatoms. The van der Waals surface area contributed by atoms with Crippen LogP contribution in [-0.4, -0.2) is 29.9 Å². The van der Waals surface area contributed by atoms with Gasteiger partial charge in [-0.3, -0.25) is 9.59 Å². The van der Waals surface area contributed by atoms with Crippen LogP contribution in [0.3, 0.4) is 0 Å². The monoisotopic (exact) mass is 332 g/mol. The van der Waals surface area contributed by atoms with E-state index >= 15 is 0 Å². The van der Waals surface area contributed by atoms with E-state index < -0.39 is 23.4 Å². The molecule has 0 aromatic carbocycles. The molecule has 3 aliphatic rings. The van der Waals surface area contributed by atoms with Gasteiger partial charge in [0.15, 0.2) is 5.78 Å². The fourth-order valence-corrected chi connectivity index (χ4v) is 4.65. The Morgan fingerprint density at radius 2 is 2.04 bits per heavy atom. The van der Waals surface area contributed by atoms with E-state index in [2.05, 4.69) is 13.5 Å². The van der Waals surface area contributed by atoms with Crippen LogP contribution in [-0.2, 0) is 23.9 Å². The summed E-state index contributed by atoms with van der Waals surface area (Å²) in [6.07, 6.45) is 3.15. The standard InChI is InChI=1S/C19H24O5/c1-9(2)17(21)24-16-15-11(4)18(22)23-13(15)8-10(3)12-6-7-14(20)19(12,16)5/h6-7,10-13,15-16H,1,8H2,2-5H3/t10-,11?,12+,13-,15-,16-,19+/m1/s1. The summed E-state index contributed by atoms with van der Waals surface area (Å²) in [5.74, 6) is -1.47. The molecule has 0 amide bonds. The van der Waals surface area contributed by atoms with Crippen molar-refractivity contribution >= 4 is 17.7 Å². The molecule has 0 bridgehead atoms. The third-order valence-corrected chi connectivity index (χ3v) is 6.06. The Labute approximate surface area is 142 Å². The molecule has 1 saturated carbocycles. The predicted molar refractivity (Wildman–Crippen MR) is 86.8 cm³/mol. The SMILES string of the molecule is C=C(C)C(=O)O[C@@H]1[C@@H]2C(C)C(=O)O[C@@H]2C[C@@H](C)[C@@H]2C=CC(=O)[C@@]12C. The van der Waals surface area contributed by atoms with Crippen LogP contribution in [0.1, 0.15) is 34.1 Å². The minimum atomic E-state index is -0.869. The van der Waals surface area contributed by atoms with Gasteiger partial charge in [-0.2, -0.15) is 0 Å². The van der Waals surface area contributed by atoms with E-state index in [9.17, 15) is 14.4 Å². The highest BCUT2D eigenvalue weighted by atomic mass is 16.6. The van der Waals surface area contributed by atoms with Crippen LogP contribution >= 0.6 is 0 Å². The number of hydrogen-bond donors (Lipinski definition) is 0. The first-order valence-electron chi connectivity index (χ1n) is 8.47. The van der Waals surface area contributed by atoms with Gasteiger partial charge in [-0.1, -0.05) is 26.5 Å². The van der Waals surface area contributed by atoms with E-state index in [1.165, 1.54) is 0 Å². The molecule has 0 N–H and O–H groups in total. The molecule has 0 aromatic rings. The molecule has 24 heavy (non-hydrogen) atoms. The molecule has 1 saturated heterocycles. The maximum Gasteiger partial charge on any atom is 0.333 e. The molecule has 1 aliphatic heterocycles. The Kier molecular flexibility index (Phi) is 3.93. The van der Waals surface area contributed by atoms with Crippen molar-refractivity contribution in [2.45, 2.75) is 46.3 Å². The molecule has 5 nitrogen and oxygen atoms in total. The molecule has 0 aromatic heterocycles. The van der Waals surface area contributed by atoms with Gasteiger partial charge < -0.3 is 9.47 Å². The van der Waals surface area contributed by atoms with Crippen molar-refractivity contribution in [1.82, 2.24) is 0 Å². The molecule has 130 valence electrons. The summed E-state index contributed by atoms with van der Waals surface area (Å²) in [5.41, 5.74) is -0.591. The quantitative estimate of drug-likeness (QED) is 0.574. The average Bonchev–Trinajstić information content (AvgIpc) is 2.92. The molecule has 2 fully saturated rings. The lowest BCUT2D eigenvalue weighted by Gasteiger charge is -2.40. The lowest BCUT2D eigenvalue weighted by molar-refractivity contribution is -0.163. The van der Waals surface area contributed by atoms with Gasteiger partial charge in [0.2, 0.25) is 0 Å². The van der Waals surface area contributed by atoms with E-state index in [-0.39, 0.29) is 41.2 Å². The number of allylic oxidation sites excluding steroid dienone is 2. The minimum Gasteiger partial charge on any atom is -0.462 e. The van der Waals surface area contributed by atoms with Gasteiger partial charge in [-0.15, -0.1) is 0 Å². The largest absolute Gasteiger partial charge is 0.462 e. The van der Waals surface area contributed by atoms with Gasteiger partial charge >= 0.3 is 11.9 Å². The van der Waals surface area contributed by atoms with Crippen LogP contribution in [0.15, 0.2) is 24.3 Å². The Morgan fingerprint density at radius 1 is 1.38 bits per heavy atom. The normalized spacial score (nSPS) is 43.7. The van der Waals surface area contributed by atoms with Gasteiger partial charge in [0.1, 0.15) is 12.2 Å². The molecular weight excluding hydrogens is 308 g/mol. The Balaban J connectivity index is 2.09. The lowest BCUT2D eigenvalue weighted by atomic mass is 9.66. The molecule has 3 rings (SSSR count). The fourth-order valence-electron chi connectivity index (χ4n) is 4.65. The fraction of sp³-hybridized carbons (Fsp3) is 0.632. The number of fused-ring (bicyclic) bond motifs is 2. The van der Waals surface area contributed by atoms with E-state index in [0.29, 0.717) is 6.42 Å². The number of rotatable bonds is 2. The molecule has 1 unspecified atom stereocenters. The average molecular weight is 332 g/mol. The van der Waals surface area contributed by atoms with Gasteiger partial charge in [-0.25, -0.2) is 4.79 Å². The first-order valence-corrected chi connectivity index (χ1v) is 8.47.